The summed E-state index contributed by atoms with van der Waals surface area (Å²) < 4.78 is 0. The van der Waals surface area contributed by atoms with Crippen LogP contribution in [0.4, 0.5) is 0 Å². The molecule has 1 fully saturated rings. The van der Waals surface area contributed by atoms with Gasteiger partial charge in [-0.25, -0.2) is 0 Å². The molecule has 1 aromatic rings. The molecule has 1 aliphatic rings. The number of carbonyl (C=O) groups is 2. The molecule has 20 heavy (non-hydrogen) atoms. The van der Waals surface area contributed by atoms with E-state index in [4.69, 9.17) is 5.11 Å². The van der Waals surface area contributed by atoms with Crippen LogP contribution < -0.4 is 5.32 Å². The Labute approximate surface area is 119 Å². The smallest absolute Gasteiger partial charge is 0.306 e. The van der Waals surface area contributed by atoms with Gasteiger partial charge in [0.1, 0.15) is 0 Å². The summed E-state index contributed by atoms with van der Waals surface area (Å²) in [6.45, 7) is 2.53. The first-order valence-corrected chi connectivity index (χ1v) is 7.12. The maximum atomic E-state index is 12.1. The second kappa shape index (κ2) is 6.55. The van der Waals surface area contributed by atoms with Crippen molar-refractivity contribution in [2.24, 2.45) is 11.8 Å². The van der Waals surface area contributed by atoms with E-state index in [1.54, 1.807) is 0 Å². The highest BCUT2D eigenvalue weighted by Gasteiger charge is 2.30. The van der Waals surface area contributed by atoms with E-state index in [2.05, 4.69) is 5.32 Å². The van der Waals surface area contributed by atoms with Crippen LogP contribution in [0.3, 0.4) is 0 Å². The zero-order chi connectivity index (χ0) is 14.5. The lowest BCUT2D eigenvalue weighted by molar-refractivity contribution is -0.144. The quantitative estimate of drug-likeness (QED) is 0.887. The van der Waals surface area contributed by atoms with Gasteiger partial charge in [0.2, 0.25) is 5.91 Å². The molecular formula is C16H21NO3. The molecule has 4 nitrogen and oxygen atoms in total. The molecule has 0 aromatic heterocycles. The normalized spacial score (nSPS) is 22.2. The highest BCUT2D eigenvalue weighted by molar-refractivity contribution is 5.80. The number of nitrogens with one attached hydrogen (secondary N) is 1. The van der Waals surface area contributed by atoms with Crippen molar-refractivity contribution in [3.05, 3.63) is 35.4 Å². The van der Waals surface area contributed by atoms with E-state index in [9.17, 15) is 9.59 Å². The van der Waals surface area contributed by atoms with Gasteiger partial charge in [0.25, 0.3) is 0 Å². The van der Waals surface area contributed by atoms with Gasteiger partial charge < -0.3 is 10.4 Å². The average molecular weight is 275 g/mol. The zero-order valence-electron chi connectivity index (χ0n) is 11.8. The number of aliphatic carboxylic acids is 1. The lowest BCUT2D eigenvalue weighted by Gasteiger charge is -2.25. The molecule has 0 aliphatic heterocycles. The van der Waals surface area contributed by atoms with E-state index >= 15 is 0 Å². The van der Waals surface area contributed by atoms with Gasteiger partial charge in [-0.3, -0.25) is 9.59 Å². The van der Waals surface area contributed by atoms with Crippen LogP contribution in [0.5, 0.6) is 0 Å². The number of amides is 1. The first-order chi connectivity index (χ1) is 9.56. The van der Waals surface area contributed by atoms with E-state index in [-0.39, 0.29) is 17.7 Å². The topological polar surface area (TPSA) is 66.4 Å². The molecule has 0 radical (unpaired) electrons. The Morgan fingerprint density at radius 1 is 1.20 bits per heavy atom. The van der Waals surface area contributed by atoms with Crippen molar-refractivity contribution in [3.8, 4) is 0 Å². The van der Waals surface area contributed by atoms with Gasteiger partial charge in [-0.05, 0) is 31.7 Å². The summed E-state index contributed by atoms with van der Waals surface area (Å²) in [5, 5.41) is 12.0. The van der Waals surface area contributed by atoms with Crippen molar-refractivity contribution in [1.82, 2.24) is 5.32 Å². The van der Waals surface area contributed by atoms with Crippen LogP contribution in [0, 0.1) is 18.8 Å². The average Bonchev–Trinajstić information content (AvgIpc) is 2.46. The van der Waals surface area contributed by atoms with Gasteiger partial charge >= 0.3 is 5.97 Å². The van der Waals surface area contributed by atoms with Gasteiger partial charge in [0.15, 0.2) is 0 Å². The molecule has 108 valence electrons. The maximum absolute atomic E-state index is 12.1. The summed E-state index contributed by atoms with van der Waals surface area (Å²) >= 11 is 0. The minimum atomic E-state index is -0.777. The summed E-state index contributed by atoms with van der Waals surface area (Å²) in [5.74, 6) is -1.31. The Hall–Kier alpha value is -1.84. The zero-order valence-corrected chi connectivity index (χ0v) is 11.8. The predicted octanol–water partition coefficient (Wildman–Crippen LogP) is 2.50. The number of hydrogen-bond donors (Lipinski definition) is 2. The van der Waals surface area contributed by atoms with Gasteiger partial charge in [-0.15, -0.1) is 0 Å². The lowest BCUT2D eigenvalue weighted by atomic mass is 9.81. The maximum Gasteiger partial charge on any atom is 0.306 e. The summed E-state index contributed by atoms with van der Waals surface area (Å²) in [5.41, 5.74) is 2.26. The van der Waals surface area contributed by atoms with Crippen molar-refractivity contribution >= 4 is 11.9 Å². The number of rotatable bonds is 4. The minimum Gasteiger partial charge on any atom is -0.481 e. The standard InChI is InChI=1S/C16H21NO3/c1-11-5-7-12(8-6-11)10-17-15(18)13-3-2-4-14(9-13)16(19)20/h5-8,13-14H,2-4,9-10H2,1H3,(H,17,18)(H,19,20)/t13-,14-/m0/s1. The lowest BCUT2D eigenvalue weighted by Crippen LogP contribution is -2.35. The molecule has 1 saturated carbocycles. The molecule has 0 bridgehead atoms. The summed E-state index contributed by atoms with van der Waals surface area (Å²) in [6.07, 6.45) is 2.77. The first-order valence-electron chi connectivity index (χ1n) is 7.12. The van der Waals surface area contributed by atoms with Crippen LogP contribution in [-0.2, 0) is 16.1 Å². The monoisotopic (exact) mass is 275 g/mol. The summed E-state index contributed by atoms with van der Waals surface area (Å²) in [4.78, 5) is 23.1. The Bertz CT molecular complexity index is 481. The van der Waals surface area contributed by atoms with E-state index in [0.717, 1.165) is 18.4 Å². The van der Waals surface area contributed by atoms with E-state index in [1.807, 2.05) is 31.2 Å². The Kier molecular flexibility index (Phi) is 4.77. The number of carboxylic acids is 1. The van der Waals surface area contributed by atoms with Crippen molar-refractivity contribution in [2.75, 3.05) is 0 Å². The largest absolute Gasteiger partial charge is 0.481 e. The van der Waals surface area contributed by atoms with Crippen molar-refractivity contribution < 1.29 is 14.7 Å². The molecule has 1 amide bonds. The third-order valence-electron chi connectivity index (χ3n) is 3.98. The Morgan fingerprint density at radius 2 is 1.85 bits per heavy atom. The Morgan fingerprint density at radius 3 is 2.50 bits per heavy atom. The minimum absolute atomic E-state index is 0.0171. The summed E-state index contributed by atoms with van der Waals surface area (Å²) in [7, 11) is 0. The van der Waals surface area contributed by atoms with Gasteiger partial charge in [-0.1, -0.05) is 36.2 Å². The van der Waals surface area contributed by atoms with Crippen molar-refractivity contribution in [2.45, 2.75) is 39.2 Å². The van der Waals surface area contributed by atoms with Gasteiger partial charge in [0.05, 0.1) is 5.92 Å². The molecule has 0 saturated heterocycles. The third kappa shape index (κ3) is 3.83. The summed E-state index contributed by atoms with van der Waals surface area (Å²) in [6, 6.07) is 8.03. The van der Waals surface area contributed by atoms with Crippen LogP contribution in [-0.4, -0.2) is 17.0 Å². The molecule has 1 aliphatic carbocycles. The Balaban J connectivity index is 1.85. The molecule has 2 N–H and O–H groups in total. The molecule has 2 rings (SSSR count). The highest BCUT2D eigenvalue weighted by atomic mass is 16.4. The van der Waals surface area contributed by atoms with E-state index < -0.39 is 5.97 Å². The molecule has 1 aromatic carbocycles. The van der Waals surface area contributed by atoms with Crippen LogP contribution >= 0.6 is 0 Å². The van der Waals surface area contributed by atoms with Crippen LogP contribution in [0.1, 0.15) is 36.8 Å². The van der Waals surface area contributed by atoms with Crippen LogP contribution in [0.15, 0.2) is 24.3 Å². The fourth-order valence-corrected chi connectivity index (χ4v) is 2.69. The van der Waals surface area contributed by atoms with E-state index in [1.165, 1.54) is 5.56 Å². The van der Waals surface area contributed by atoms with Gasteiger partial charge in [0, 0.05) is 12.5 Å². The molecule has 4 heteroatoms. The fourth-order valence-electron chi connectivity index (χ4n) is 2.69. The molecule has 2 atom stereocenters. The molecular weight excluding hydrogens is 254 g/mol. The first kappa shape index (κ1) is 14.6. The van der Waals surface area contributed by atoms with Gasteiger partial charge in [-0.2, -0.15) is 0 Å². The van der Waals surface area contributed by atoms with Crippen molar-refractivity contribution in [1.29, 1.82) is 0 Å². The number of benzene rings is 1. The number of hydrogen-bond acceptors (Lipinski definition) is 2. The number of carboxylic acid groups (broad SMARTS) is 1. The number of carbonyl (C=O) groups excluding carboxylic acids is 1. The third-order valence-corrected chi connectivity index (χ3v) is 3.98. The molecule has 0 heterocycles. The van der Waals surface area contributed by atoms with Crippen LogP contribution in [0.25, 0.3) is 0 Å². The molecule has 0 spiro atoms. The van der Waals surface area contributed by atoms with Crippen LogP contribution in [0.2, 0.25) is 0 Å². The second-order valence-electron chi connectivity index (χ2n) is 5.60. The van der Waals surface area contributed by atoms with E-state index in [0.29, 0.717) is 19.4 Å². The molecule has 0 unspecified atom stereocenters. The SMILES string of the molecule is Cc1ccc(CNC(=O)[C@H]2CCC[C@H](C(=O)O)C2)cc1. The van der Waals surface area contributed by atoms with Crippen molar-refractivity contribution in [3.63, 3.8) is 0 Å². The highest BCUT2D eigenvalue weighted by Crippen LogP contribution is 2.29. The fraction of sp³-hybridized carbons (Fsp3) is 0.500. The second-order valence-corrected chi connectivity index (χ2v) is 5.60. The predicted molar refractivity (Wildman–Crippen MR) is 76.1 cm³/mol. The number of aryl methyl sites for hydroxylation is 1.